The number of para-hydroxylation sites is 2. The maximum Gasteiger partial charge on any atom is 0.408 e. The van der Waals surface area contributed by atoms with E-state index < -0.39 is 39.2 Å². The number of carbonyl (C=O) groups excluding carboxylic acids is 3. The molecule has 0 aliphatic carbocycles. The van der Waals surface area contributed by atoms with Gasteiger partial charge in [0.05, 0.1) is 17.8 Å². The van der Waals surface area contributed by atoms with Crippen LogP contribution in [0, 0.1) is 0 Å². The first-order chi connectivity index (χ1) is 18.1. The van der Waals surface area contributed by atoms with Crippen molar-refractivity contribution in [3.63, 3.8) is 0 Å². The molecule has 2 atom stereocenters. The van der Waals surface area contributed by atoms with Gasteiger partial charge >= 0.3 is 6.09 Å². The van der Waals surface area contributed by atoms with E-state index in [1.54, 1.807) is 42.5 Å². The Labute approximate surface area is 224 Å². The van der Waals surface area contributed by atoms with Crippen LogP contribution in [0.1, 0.15) is 28.4 Å². The molecule has 0 bridgehead atoms. The van der Waals surface area contributed by atoms with E-state index in [1.807, 2.05) is 22.9 Å². The van der Waals surface area contributed by atoms with Gasteiger partial charge in [-0.2, -0.15) is 0 Å². The van der Waals surface area contributed by atoms with Gasteiger partial charge in [0, 0.05) is 11.4 Å². The molecule has 1 aliphatic heterocycles. The summed E-state index contributed by atoms with van der Waals surface area (Å²) in [4.78, 5) is 37.4. The maximum atomic E-state index is 13.2. The zero-order chi connectivity index (χ0) is 27.3. The second-order valence-electron chi connectivity index (χ2n) is 8.66. The monoisotopic (exact) mass is 556 g/mol. The van der Waals surface area contributed by atoms with Gasteiger partial charge in [-0.15, -0.1) is 0 Å². The molecule has 1 heterocycles. The number of sulfonamides is 1. The Morgan fingerprint density at radius 1 is 1.05 bits per heavy atom. The molecule has 3 amide bonds. The van der Waals surface area contributed by atoms with E-state index in [1.165, 1.54) is 12.1 Å². The molecule has 3 aromatic carbocycles. The number of nitrogen functional groups attached to an aromatic ring is 1. The number of nitrogens with two attached hydrogens (primary N) is 1. The van der Waals surface area contributed by atoms with Crippen LogP contribution in [-0.2, 0) is 37.4 Å². The first-order valence-electron chi connectivity index (χ1n) is 11.6. The van der Waals surface area contributed by atoms with Crippen LogP contribution in [0.3, 0.4) is 0 Å². The van der Waals surface area contributed by atoms with Crippen molar-refractivity contribution in [1.82, 2.24) is 10.0 Å². The lowest BCUT2D eigenvalue weighted by Gasteiger charge is -2.20. The fourth-order valence-corrected chi connectivity index (χ4v) is 5.82. The first kappa shape index (κ1) is 27.0. The van der Waals surface area contributed by atoms with Crippen LogP contribution in [-0.4, -0.2) is 32.4 Å². The number of ether oxygens (including phenoxy) is 1. The molecule has 0 saturated carbocycles. The van der Waals surface area contributed by atoms with Crippen LogP contribution in [0.15, 0.2) is 72.8 Å². The number of alkyl carbamates (subject to hydrolysis) is 1. The Hall–Kier alpha value is -4.09. The largest absolute Gasteiger partial charge is 0.445 e. The molecule has 1 aliphatic rings. The first-order valence-corrected chi connectivity index (χ1v) is 13.5. The third-order valence-electron chi connectivity index (χ3n) is 5.89. The summed E-state index contributed by atoms with van der Waals surface area (Å²) in [5.74, 6) is -1.15. The Bertz CT molecular complexity index is 1470. The number of halogens is 1. The molecule has 3 aromatic rings. The molecule has 4 rings (SSSR count). The molecule has 0 spiro atoms. The smallest absolute Gasteiger partial charge is 0.408 e. The molecule has 1 unspecified atom stereocenters. The molecule has 1 fully saturated rings. The Kier molecular flexibility index (Phi) is 8.18. The van der Waals surface area contributed by atoms with Crippen LogP contribution < -0.4 is 21.1 Å². The van der Waals surface area contributed by atoms with Crippen LogP contribution in [0.2, 0.25) is 5.02 Å². The highest BCUT2D eigenvalue weighted by molar-refractivity contribution is 7.90. The van der Waals surface area contributed by atoms with E-state index in [-0.39, 0.29) is 30.0 Å². The van der Waals surface area contributed by atoms with Crippen molar-refractivity contribution in [2.45, 2.75) is 30.7 Å². The standard InChI is InChI=1S/C26H25ClN4O6S/c27-19-12-17(10-11-18(19)23-14-24(32)31-38(23,35)36)13-22(25(33)29-21-9-5-4-8-20(21)28)30-26(34)37-15-16-6-2-1-3-7-16/h1-12,22-23H,13-15,28H2,(H,29,33)(H,30,34)(H,31,32)/t22-,23?/m0/s1. The van der Waals surface area contributed by atoms with Gasteiger partial charge in [0.2, 0.25) is 21.8 Å². The molecule has 0 aromatic heterocycles. The predicted octanol–water partition coefficient (Wildman–Crippen LogP) is 3.29. The number of carbonyl (C=O) groups is 3. The lowest BCUT2D eigenvalue weighted by atomic mass is 10.0. The minimum atomic E-state index is -3.88. The number of nitrogens with one attached hydrogen (secondary N) is 3. The van der Waals surface area contributed by atoms with Crippen LogP contribution in [0.5, 0.6) is 0 Å². The number of rotatable bonds is 8. The number of amides is 3. The minimum Gasteiger partial charge on any atom is -0.445 e. The summed E-state index contributed by atoms with van der Waals surface area (Å²) in [5, 5.41) is 4.29. The maximum absolute atomic E-state index is 13.2. The van der Waals surface area contributed by atoms with Crippen molar-refractivity contribution < 1.29 is 27.5 Å². The highest BCUT2D eigenvalue weighted by Crippen LogP contribution is 2.35. The lowest BCUT2D eigenvalue weighted by Crippen LogP contribution is -2.45. The normalized spacial score (nSPS) is 16.8. The van der Waals surface area contributed by atoms with Gasteiger partial charge in [-0.05, 0) is 34.9 Å². The SMILES string of the molecule is Nc1ccccc1NC(=O)[C@H](Cc1ccc(C2CC(=O)NS2(=O)=O)c(Cl)c1)NC(=O)OCc1ccccc1. The van der Waals surface area contributed by atoms with Crippen molar-refractivity contribution in [2.24, 2.45) is 0 Å². The van der Waals surface area contributed by atoms with E-state index >= 15 is 0 Å². The summed E-state index contributed by atoms with van der Waals surface area (Å²) in [6, 6.07) is 19.2. The fourth-order valence-electron chi connectivity index (χ4n) is 3.97. The zero-order valence-corrected chi connectivity index (χ0v) is 21.6. The molecule has 1 saturated heterocycles. The van der Waals surface area contributed by atoms with Crippen molar-refractivity contribution in [1.29, 1.82) is 0 Å². The number of anilines is 2. The molecule has 12 heteroatoms. The third kappa shape index (κ3) is 6.61. The van der Waals surface area contributed by atoms with Crippen LogP contribution in [0.4, 0.5) is 16.2 Å². The topological polar surface area (TPSA) is 157 Å². The van der Waals surface area contributed by atoms with Gasteiger partial charge in [0.25, 0.3) is 0 Å². The van der Waals surface area contributed by atoms with E-state index in [2.05, 4.69) is 10.6 Å². The summed E-state index contributed by atoms with van der Waals surface area (Å²) < 4.78 is 31.7. The van der Waals surface area contributed by atoms with E-state index in [4.69, 9.17) is 22.1 Å². The van der Waals surface area contributed by atoms with E-state index in [0.29, 0.717) is 16.9 Å². The van der Waals surface area contributed by atoms with Crippen molar-refractivity contribution in [3.05, 3.63) is 94.5 Å². The number of benzene rings is 3. The van der Waals surface area contributed by atoms with E-state index in [9.17, 15) is 22.8 Å². The van der Waals surface area contributed by atoms with Gasteiger partial charge in [-0.1, -0.05) is 66.2 Å². The number of hydrogen-bond acceptors (Lipinski definition) is 7. The van der Waals surface area contributed by atoms with Crippen molar-refractivity contribution >= 4 is 50.9 Å². The third-order valence-corrected chi connectivity index (χ3v) is 7.90. The predicted molar refractivity (Wildman–Crippen MR) is 143 cm³/mol. The van der Waals surface area contributed by atoms with Crippen molar-refractivity contribution in [2.75, 3.05) is 11.1 Å². The molecule has 38 heavy (non-hydrogen) atoms. The van der Waals surface area contributed by atoms with Gasteiger partial charge in [-0.25, -0.2) is 13.2 Å². The second-order valence-corrected chi connectivity index (χ2v) is 10.9. The Balaban J connectivity index is 1.52. The summed E-state index contributed by atoms with van der Waals surface area (Å²) in [5.41, 5.74) is 8.24. The quantitative estimate of drug-likeness (QED) is 0.310. The van der Waals surface area contributed by atoms with Gasteiger partial charge < -0.3 is 21.1 Å². The Morgan fingerprint density at radius 2 is 1.76 bits per heavy atom. The molecular weight excluding hydrogens is 532 g/mol. The van der Waals surface area contributed by atoms with Crippen LogP contribution >= 0.6 is 11.6 Å². The fraction of sp³-hybridized carbons (Fsp3) is 0.192. The lowest BCUT2D eigenvalue weighted by molar-refractivity contribution is -0.119. The van der Waals surface area contributed by atoms with Gasteiger partial charge in [0.1, 0.15) is 17.9 Å². The molecule has 5 N–H and O–H groups in total. The summed E-state index contributed by atoms with van der Waals surface area (Å²) in [7, 11) is -3.88. The van der Waals surface area contributed by atoms with Crippen molar-refractivity contribution in [3.8, 4) is 0 Å². The number of hydrogen-bond donors (Lipinski definition) is 4. The highest BCUT2D eigenvalue weighted by atomic mass is 35.5. The molecule has 198 valence electrons. The Morgan fingerprint density at radius 3 is 2.42 bits per heavy atom. The van der Waals surface area contributed by atoms with Gasteiger partial charge in [-0.3, -0.25) is 14.3 Å². The average Bonchev–Trinajstić information content (AvgIpc) is 3.15. The van der Waals surface area contributed by atoms with Crippen LogP contribution in [0.25, 0.3) is 0 Å². The minimum absolute atomic E-state index is 0.00755. The second kappa shape index (κ2) is 11.5. The highest BCUT2D eigenvalue weighted by Gasteiger charge is 2.39. The summed E-state index contributed by atoms with van der Waals surface area (Å²) in [6.07, 6.45) is -1.03. The molecule has 0 radical (unpaired) electrons. The summed E-state index contributed by atoms with van der Waals surface area (Å²) in [6.45, 7) is 0.00971. The van der Waals surface area contributed by atoms with E-state index in [0.717, 1.165) is 5.56 Å². The van der Waals surface area contributed by atoms with Gasteiger partial charge in [0.15, 0.2) is 0 Å². The molecular formula is C26H25ClN4O6S. The molecule has 10 nitrogen and oxygen atoms in total. The zero-order valence-electron chi connectivity index (χ0n) is 20.0. The average molecular weight is 557 g/mol. The summed E-state index contributed by atoms with van der Waals surface area (Å²) >= 11 is 6.39.